The molecule has 2 N–H and O–H groups in total. The molecule has 0 fully saturated rings. The zero-order valence-electron chi connectivity index (χ0n) is 30.7. The molecule has 0 spiro atoms. The molecule has 4 nitrogen and oxygen atoms in total. The molecule has 2 aliphatic heterocycles. The molecule has 0 radical (unpaired) electrons. The number of hydrogen-bond acceptors (Lipinski definition) is 2. The maximum Gasteiger partial charge on any atom is 0.0725 e. The Morgan fingerprint density at radius 2 is 1.04 bits per heavy atom. The number of H-pyrrole nitrogens is 2. The van der Waals surface area contributed by atoms with E-state index >= 15 is 0 Å². The topological polar surface area (TPSA) is 57.4 Å². The molecule has 0 saturated carbocycles. The Balaban J connectivity index is 1.78. The molecule has 0 saturated heterocycles. The van der Waals surface area contributed by atoms with E-state index in [-0.39, 0.29) is 0 Å². The lowest BCUT2D eigenvalue weighted by Crippen LogP contribution is -1.98. The molecule has 48 heavy (non-hydrogen) atoms. The van der Waals surface area contributed by atoms with Crippen molar-refractivity contribution in [3.63, 3.8) is 0 Å². The van der Waals surface area contributed by atoms with Crippen LogP contribution < -0.4 is 0 Å². The highest BCUT2D eigenvalue weighted by atomic mass is 14.8. The van der Waals surface area contributed by atoms with Crippen molar-refractivity contribution in [3.8, 4) is 0 Å². The molecule has 5 heterocycles. The van der Waals surface area contributed by atoms with E-state index in [2.05, 4.69) is 86.2 Å². The Kier molecular flexibility index (Phi) is 14.2. The lowest BCUT2D eigenvalue weighted by atomic mass is 9.91. The number of allylic oxidation sites excluding steroid dienone is 2. The molecular formula is C44H62N4. The third-order valence-electron chi connectivity index (χ3n) is 10.2. The van der Waals surface area contributed by atoms with Crippen molar-refractivity contribution in [1.82, 2.24) is 19.9 Å². The summed E-state index contributed by atoms with van der Waals surface area (Å²) in [5.41, 5.74) is 15.0. The van der Waals surface area contributed by atoms with E-state index in [4.69, 9.17) is 9.97 Å². The second-order valence-corrected chi connectivity index (χ2v) is 14.2. The van der Waals surface area contributed by atoms with Crippen LogP contribution in [-0.4, -0.2) is 19.9 Å². The van der Waals surface area contributed by atoms with Crippen molar-refractivity contribution in [1.29, 1.82) is 0 Å². The molecule has 0 aliphatic carbocycles. The Morgan fingerprint density at radius 1 is 0.479 bits per heavy atom. The Labute approximate surface area is 291 Å². The zero-order chi connectivity index (χ0) is 33.6. The predicted octanol–water partition coefficient (Wildman–Crippen LogP) is 13.6. The van der Waals surface area contributed by atoms with Crippen LogP contribution in [0.25, 0.3) is 45.4 Å². The van der Waals surface area contributed by atoms with Crippen LogP contribution in [-0.2, 0) is 12.8 Å². The van der Waals surface area contributed by atoms with Crippen LogP contribution in [0, 0.1) is 0 Å². The number of nitrogens with one attached hydrogen (secondary N) is 2. The number of unbranched alkanes of at least 4 members (excludes halogenated alkanes) is 12. The molecule has 5 rings (SSSR count). The maximum atomic E-state index is 5.67. The fourth-order valence-electron chi connectivity index (χ4n) is 7.44. The summed E-state index contributed by atoms with van der Waals surface area (Å²) in [6, 6.07) is 13.5. The zero-order valence-corrected chi connectivity index (χ0v) is 30.7. The molecule has 258 valence electrons. The Bertz CT molecular complexity index is 1680. The van der Waals surface area contributed by atoms with Gasteiger partial charge in [-0.3, -0.25) is 0 Å². The highest BCUT2D eigenvalue weighted by molar-refractivity contribution is 5.95. The standard InChI is InChI=1S/C44H62N4/c1-5-9-13-17-21-33-29-38-31-36-26-25-34(45-36)30-35-27-28-37(46-35)32-42-39(22-18-14-10-6-2)40(23-19-15-11-7-3)44(48-42)41(43(33)47-38)24-20-16-12-8-4/h25-32,45,47H,5-24H2,1-4H3. The van der Waals surface area contributed by atoms with Gasteiger partial charge in [0.05, 0.1) is 22.8 Å². The summed E-state index contributed by atoms with van der Waals surface area (Å²) in [5.74, 6) is 0. The number of hydrogen-bond donors (Lipinski definition) is 2. The first-order valence-electron chi connectivity index (χ1n) is 19.8. The van der Waals surface area contributed by atoms with Crippen molar-refractivity contribution in [2.45, 2.75) is 156 Å². The average molecular weight is 647 g/mol. The minimum Gasteiger partial charge on any atom is -0.355 e. The van der Waals surface area contributed by atoms with E-state index < -0.39 is 0 Å². The van der Waals surface area contributed by atoms with Gasteiger partial charge in [0.2, 0.25) is 0 Å². The largest absolute Gasteiger partial charge is 0.355 e. The fraction of sp³-hybridized carbons (Fsp3) is 0.545. The monoisotopic (exact) mass is 646 g/mol. The fourth-order valence-corrected chi connectivity index (χ4v) is 7.44. The smallest absolute Gasteiger partial charge is 0.0725 e. The average Bonchev–Trinajstić information content (AvgIpc) is 3.88. The second-order valence-electron chi connectivity index (χ2n) is 14.2. The predicted molar refractivity (Wildman–Crippen MR) is 210 cm³/mol. The second kappa shape index (κ2) is 19.0. The SMILES string of the molecule is CCCCCCC1=C(CCCCCC)c2nc1cc1nc(cc3ccc(cc4cc(CCCCCC)c([nH]4)c2CCCCCC)[nH]3)C=C1. The van der Waals surface area contributed by atoms with Crippen molar-refractivity contribution < 1.29 is 0 Å². The van der Waals surface area contributed by atoms with Crippen LogP contribution in [0.15, 0.2) is 36.4 Å². The van der Waals surface area contributed by atoms with Crippen molar-refractivity contribution in [2.75, 3.05) is 0 Å². The lowest BCUT2D eigenvalue weighted by molar-refractivity contribution is 0.662. The lowest BCUT2D eigenvalue weighted by Gasteiger charge is -2.13. The van der Waals surface area contributed by atoms with E-state index in [1.807, 2.05) is 0 Å². The first kappa shape index (κ1) is 35.9. The summed E-state index contributed by atoms with van der Waals surface area (Å²) < 4.78 is 0. The van der Waals surface area contributed by atoms with Gasteiger partial charge in [-0.1, -0.05) is 105 Å². The van der Waals surface area contributed by atoms with Gasteiger partial charge in [-0.05, 0) is 117 Å². The van der Waals surface area contributed by atoms with Gasteiger partial charge in [0.15, 0.2) is 0 Å². The number of aromatic nitrogens is 4. The van der Waals surface area contributed by atoms with E-state index in [1.165, 1.54) is 142 Å². The quantitative estimate of drug-likeness (QED) is 0.0939. The van der Waals surface area contributed by atoms with E-state index in [9.17, 15) is 0 Å². The van der Waals surface area contributed by atoms with Crippen molar-refractivity contribution in [2.24, 2.45) is 0 Å². The molecule has 0 unspecified atom stereocenters. The van der Waals surface area contributed by atoms with Crippen LogP contribution in [0.2, 0.25) is 0 Å². The summed E-state index contributed by atoms with van der Waals surface area (Å²) in [6.07, 6.45) is 28.9. The van der Waals surface area contributed by atoms with Crippen LogP contribution in [0.4, 0.5) is 0 Å². The maximum absolute atomic E-state index is 5.67. The molecule has 4 heteroatoms. The highest BCUT2D eigenvalue weighted by Gasteiger charge is 2.24. The number of fused-ring (bicyclic) bond motifs is 8. The Hall–Kier alpha value is -3.40. The van der Waals surface area contributed by atoms with Crippen LogP contribution in [0.1, 0.15) is 177 Å². The summed E-state index contributed by atoms with van der Waals surface area (Å²) in [5, 5.41) is 0. The van der Waals surface area contributed by atoms with Gasteiger partial charge in [0.1, 0.15) is 0 Å². The molecule has 0 aromatic carbocycles. The van der Waals surface area contributed by atoms with Gasteiger partial charge in [-0.25, -0.2) is 9.97 Å². The number of rotatable bonds is 20. The molecular weight excluding hydrogens is 585 g/mol. The first-order valence-corrected chi connectivity index (χ1v) is 19.8. The Morgan fingerprint density at radius 3 is 1.69 bits per heavy atom. The highest BCUT2D eigenvalue weighted by Crippen LogP contribution is 2.40. The summed E-state index contributed by atoms with van der Waals surface area (Å²) >= 11 is 0. The summed E-state index contributed by atoms with van der Waals surface area (Å²) in [7, 11) is 0. The normalized spacial score (nSPS) is 12.8. The van der Waals surface area contributed by atoms with E-state index in [0.717, 1.165) is 53.8 Å². The van der Waals surface area contributed by atoms with Gasteiger partial charge < -0.3 is 9.97 Å². The van der Waals surface area contributed by atoms with Gasteiger partial charge in [0.25, 0.3) is 0 Å². The van der Waals surface area contributed by atoms with Crippen LogP contribution in [0.5, 0.6) is 0 Å². The van der Waals surface area contributed by atoms with Gasteiger partial charge in [-0.2, -0.15) is 0 Å². The van der Waals surface area contributed by atoms with Crippen LogP contribution >= 0.6 is 0 Å². The molecule has 3 aromatic rings. The molecule has 0 amide bonds. The molecule has 3 aromatic heterocycles. The van der Waals surface area contributed by atoms with Crippen molar-refractivity contribution in [3.05, 3.63) is 70.3 Å². The van der Waals surface area contributed by atoms with E-state index in [1.54, 1.807) is 0 Å². The number of nitrogens with zero attached hydrogens (tertiary/aromatic N) is 2. The van der Waals surface area contributed by atoms with Gasteiger partial charge in [-0.15, -0.1) is 0 Å². The van der Waals surface area contributed by atoms with Crippen LogP contribution in [0.3, 0.4) is 0 Å². The summed E-state index contributed by atoms with van der Waals surface area (Å²) in [4.78, 5) is 18.3. The molecule has 0 atom stereocenters. The number of aryl methyl sites for hydroxylation is 2. The third kappa shape index (κ3) is 9.83. The minimum absolute atomic E-state index is 0.984. The molecule has 8 bridgehead atoms. The third-order valence-corrected chi connectivity index (χ3v) is 10.2. The van der Waals surface area contributed by atoms with Crippen molar-refractivity contribution >= 4 is 45.4 Å². The number of aromatic amines is 2. The van der Waals surface area contributed by atoms with Gasteiger partial charge >= 0.3 is 0 Å². The summed E-state index contributed by atoms with van der Waals surface area (Å²) in [6.45, 7) is 9.24. The first-order chi connectivity index (χ1) is 23.6. The van der Waals surface area contributed by atoms with Gasteiger partial charge in [0, 0.05) is 27.6 Å². The van der Waals surface area contributed by atoms with E-state index in [0.29, 0.717) is 0 Å². The minimum atomic E-state index is 0.984. The molecule has 2 aliphatic rings.